The molecule has 48 heavy (non-hydrogen) atoms. The van der Waals surface area contributed by atoms with Crippen molar-refractivity contribution in [3.63, 3.8) is 0 Å². The molecule has 14 heteroatoms. The van der Waals surface area contributed by atoms with Gasteiger partial charge in [-0.3, -0.25) is 19.2 Å². The number of piperidine rings is 1. The Hall–Kier alpha value is -3.00. The number of ketones is 1. The third-order valence-electron chi connectivity index (χ3n) is 9.45. The minimum Gasteiger partial charge on any atom is -0.444 e. The number of nitrogens with one attached hydrogen (secondary N) is 4. The second kappa shape index (κ2) is 15.3. The number of hydrogen-bond donors (Lipinski definition) is 4. The zero-order valence-electron chi connectivity index (χ0n) is 29.9. The lowest BCUT2D eigenvalue weighted by atomic mass is 9.83. The molecular weight excluding hydrogens is 638 g/mol. The van der Waals surface area contributed by atoms with E-state index in [1.54, 1.807) is 47.6 Å². The van der Waals surface area contributed by atoms with Crippen molar-refractivity contribution >= 4 is 39.6 Å². The summed E-state index contributed by atoms with van der Waals surface area (Å²) in [4.78, 5) is 69.0. The Morgan fingerprint density at radius 2 is 1.62 bits per heavy atom. The number of alkyl carbamates (subject to hydrolysis) is 1. The van der Waals surface area contributed by atoms with Gasteiger partial charge < -0.3 is 25.6 Å². The maximum absolute atomic E-state index is 14.3. The van der Waals surface area contributed by atoms with Gasteiger partial charge in [0.05, 0.1) is 11.8 Å². The Kier molecular flexibility index (Phi) is 12.5. The Morgan fingerprint density at radius 3 is 2.19 bits per heavy atom. The fraction of sp³-hybridized carbons (Fsp3) is 0.794. The van der Waals surface area contributed by atoms with Crippen LogP contribution < -0.4 is 20.7 Å². The molecule has 0 aromatic carbocycles. The highest BCUT2D eigenvalue weighted by Crippen LogP contribution is 2.65. The highest BCUT2D eigenvalue weighted by Gasteiger charge is 2.69. The summed E-state index contributed by atoms with van der Waals surface area (Å²) in [5.74, 6) is -3.48. The van der Waals surface area contributed by atoms with Crippen LogP contribution >= 0.6 is 0 Å². The number of likely N-dealkylation sites (tertiary alicyclic amines) is 1. The highest BCUT2D eigenvalue weighted by atomic mass is 32.2. The van der Waals surface area contributed by atoms with Crippen molar-refractivity contribution in [2.75, 3.05) is 18.8 Å². The van der Waals surface area contributed by atoms with Gasteiger partial charge in [-0.1, -0.05) is 39.2 Å². The maximum Gasteiger partial charge on any atom is 0.408 e. The topological polar surface area (TPSA) is 180 Å². The van der Waals surface area contributed by atoms with Crippen LogP contribution in [-0.4, -0.2) is 91.0 Å². The first-order chi connectivity index (χ1) is 22.1. The van der Waals surface area contributed by atoms with Gasteiger partial charge in [-0.2, -0.15) is 0 Å². The Bertz CT molecular complexity index is 1340. The molecule has 3 fully saturated rings. The van der Waals surface area contributed by atoms with E-state index in [-0.39, 0.29) is 42.0 Å². The summed E-state index contributed by atoms with van der Waals surface area (Å²) in [6.45, 7) is 18.1. The zero-order valence-corrected chi connectivity index (χ0v) is 30.8. The predicted octanol–water partition coefficient (Wildman–Crippen LogP) is 2.80. The molecular formula is C34H57N5O8S. The SMILES string of the molecule is C=CCCC(NC(=O)[C@@H]1[C@@H]2[C@H](CN1C(=O)[C@@H](NC(=O)OC(C)(C)C)C1CCCCC1)C2(C)C)C(=O)C(=O)NCCS(=O)(=O)NC(C)(C)C. The third kappa shape index (κ3) is 10.5. The highest BCUT2D eigenvalue weighted by molar-refractivity contribution is 7.89. The first-order valence-corrected chi connectivity index (χ1v) is 18.8. The van der Waals surface area contributed by atoms with Crippen LogP contribution in [0.15, 0.2) is 12.7 Å². The summed E-state index contributed by atoms with van der Waals surface area (Å²) in [7, 11) is -3.71. The molecule has 3 aliphatic rings. The molecule has 0 aromatic heterocycles. The largest absolute Gasteiger partial charge is 0.444 e. The standard InChI is InChI=1S/C34H57N5O8S/c1-10-11-17-23(27(40)29(42)35-18-19-48(45,46)38-32(2,3)4)36-28(41)26-24-22(34(24,8)9)20-39(26)30(43)25(21-15-13-12-14-16-21)37-31(44)47-33(5,6)7/h10,21-26,38H,1,11-20H2,2-9H3,(H,35,42)(H,36,41)(H,37,44)/t22-,23?,24-,25-,26-/m0/s1. The van der Waals surface area contributed by atoms with E-state index in [1.807, 2.05) is 13.8 Å². The minimum atomic E-state index is -3.71. The molecule has 1 heterocycles. The number of nitrogens with zero attached hydrogens (tertiary/aromatic N) is 1. The van der Waals surface area contributed by atoms with Crippen molar-refractivity contribution in [1.29, 1.82) is 0 Å². The quantitative estimate of drug-likeness (QED) is 0.158. The third-order valence-corrected chi connectivity index (χ3v) is 11.1. The molecule has 5 atom stereocenters. The van der Waals surface area contributed by atoms with Gasteiger partial charge >= 0.3 is 6.09 Å². The molecule has 4 N–H and O–H groups in total. The van der Waals surface area contributed by atoms with Crippen molar-refractivity contribution in [1.82, 2.24) is 25.6 Å². The molecule has 0 bridgehead atoms. The van der Waals surface area contributed by atoms with E-state index in [0.29, 0.717) is 13.0 Å². The number of amides is 4. The van der Waals surface area contributed by atoms with E-state index < -0.39 is 68.7 Å². The number of sulfonamides is 1. The average molecular weight is 696 g/mol. The molecule has 272 valence electrons. The van der Waals surface area contributed by atoms with E-state index >= 15 is 0 Å². The van der Waals surface area contributed by atoms with Gasteiger partial charge in [-0.05, 0) is 90.4 Å². The molecule has 3 rings (SSSR count). The summed E-state index contributed by atoms with van der Waals surface area (Å²) in [5.41, 5.74) is -1.68. The number of hydrogen-bond acceptors (Lipinski definition) is 8. The lowest BCUT2D eigenvalue weighted by molar-refractivity contribution is -0.145. The number of Topliss-reactive ketones (excluding diaryl/α,β-unsaturated/α-hetero) is 1. The van der Waals surface area contributed by atoms with Crippen LogP contribution in [0.5, 0.6) is 0 Å². The van der Waals surface area contributed by atoms with Crippen LogP contribution in [0, 0.1) is 23.2 Å². The average Bonchev–Trinajstić information content (AvgIpc) is 3.26. The van der Waals surface area contributed by atoms with Crippen LogP contribution in [0.2, 0.25) is 0 Å². The number of ether oxygens (including phenoxy) is 1. The fourth-order valence-corrected chi connectivity index (χ4v) is 8.55. The fourth-order valence-electron chi connectivity index (χ4n) is 7.15. The summed E-state index contributed by atoms with van der Waals surface area (Å²) < 4.78 is 32.6. The summed E-state index contributed by atoms with van der Waals surface area (Å²) in [6.07, 6.45) is 5.72. The van der Waals surface area contributed by atoms with E-state index in [9.17, 15) is 32.4 Å². The van der Waals surface area contributed by atoms with E-state index in [2.05, 4.69) is 27.3 Å². The Morgan fingerprint density at radius 1 is 1.00 bits per heavy atom. The zero-order chi connectivity index (χ0) is 36.2. The molecule has 0 spiro atoms. The smallest absolute Gasteiger partial charge is 0.408 e. The van der Waals surface area contributed by atoms with Crippen molar-refractivity contribution in [2.45, 2.75) is 130 Å². The Balaban J connectivity index is 1.78. The van der Waals surface area contributed by atoms with Crippen molar-refractivity contribution in [3.05, 3.63) is 12.7 Å². The molecule has 1 aliphatic heterocycles. The van der Waals surface area contributed by atoms with Crippen molar-refractivity contribution in [2.24, 2.45) is 23.2 Å². The number of allylic oxidation sites excluding steroid dienone is 1. The Labute approximate surface area is 286 Å². The number of carbonyl (C=O) groups excluding carboxylic acids is 5. The predicted molar refractivity (Wildman–Crippen MR) is 182 cm³/mol. The van der Waals surface area contributed by atoms with Crippen LogP contribution in [0.25, 0.3) is 0 Å². The number of carbonyl (C=O) groups is 5. The summed E-state index contributed by atoms with van der Waals surface area (Å²) in [6, 6.07) is -2.99. The molecule has 0 radical (unpaired) electrons. The van der Waals surface area contributed by atoms with Gasteiger partial charge in [0.25, 0.3) is 5.91 Å². The second-order valence-corrected chi connectivity index (χ2v) is 18.0. The molecule has 2 aliphatic carbocycles. The second-order valence-electron chi connectivity index (χ2n) is 16.1. The van der Waals surface area contributed by atoms with Gasteiger partial charge in [0.2, 0.25) is 27.6 Å². The van der Waals surface area contributed by atoms with Crippen LogP contribution in [0.1, 0.15) is 100 Å². The maximum atomic E-state index is 14.3. The van der Waals surface area contributed by atoms with Gasteiger partial charge in [0, 0.05) is 18.6 Å². The molecule has 0 aromatic rings. The van der Waals surface area contributed by atoms with Gasteiger partial charge in [0.15, 0.2) is 0 Å². The minimum absolute atomic E-state index is 0.0556. The van der Waals surface area contributed by atoms with Gasteiger partial charge in [0.1, 0.15) is 17.7 Å². The molecule has 4 amide bonds. The van der Waals surface area contributed by atoms with E-state index in [0.717, 1.165) is 32.1 Å². The van der Waals surface area contributed by atoms with Crippen molar-refractivity contribution < 1.29 is 37.1 Å². The number of fused-ring (bicyclic) bond motifs is 1. The lowest BCUT2D eigenvalue weighted by Crippen LogP contribution is -2.60. The monoisotopic (exact) mass is 695 g/mol. The molecule has 2 saturated carbocycles. The van der Waals surface area contributed by atoms with Crippen LogP contribution in [-0.2, 0) is 33.9 Å². The lowest BCUT2D eigenvalue weighted by Gasteiger charge is -2.37. The van der Waals surface area contributed by atoms with Gasteiger partial charge in [-0.25, -0.2) is 17.9 Å². The number of rotatable bonds is 14. The normalized spacial score (nSPS) is 23.7. The molecule has 1 unspecified atom stereocenters. The van der Waals surface area contributed by atoms with Gasteiger partial charge in [-0.15, -0.1) is 6.58 Å². The summed E-state index contributed by atoms with van der Waals surface area (Å²) >= 11 is 0. The summed E-state index contributed by atoms with van der Waals surface area (Å²) in [5, 5.41) is 7.94. The van der Waals surface area contributed by atoms with Crippen LogP contribution in [0.3, 0.4) is 0 Å². The van der Waals surface area contributed by atoms with Crippen molar-refractivity contribution in [3.8, 4) is 0 Å². The first kappa shape index (κ1) is 39.4. The first-order valence-electron chi connectivity index (χ1n) is 17.1. The van der Waals surface area contributed by atoms with E-state index in [1.165, 1.54) is 4.90 Å². The van der Waals surface area contributed by atoms with E-state index in [4.69, 9.17) is 4.74 Å². The molecule has 1 saturated heterocycles. The molecule has 13 nitrogen and oxygen atoms in total. The van der Waals surface area contributed by atoms with Crippen LogP contribution in [0.4, 0.5) is 4.79 Å².